The van der Waals surface area contributed by atoms with Crippen molar-refractivity contribution in [3.05, 3.63) is 140 Å². The highest BCUT2D eigenvalue weighted by Crippen LogP contribution is 2.51. The van der Waals surface area contributed by atoms with Crippen LogP contribution in [0.5, 0.6) is 0 Å². The third kappa shape index (κ3) is 6.62. The Balaban J connectivity index is 1.64. The van der Waals surface area contributed by atoms with Crippen LogP contribution in [0.3, 0.4) is 0 Å². The zero-order valence-electron chi connectivity index (χ0n) is 27.9. The van der Waals surface area contributed by atoms with Gasteiger partial charge in [-0.3, -0.25) is 19.4 Å². The molecule has 48 heavy (non-hydrogen) atoms. The van der Waals surface area contributed by atoms with E-state index in [-0.39, 0.29) is 30.1 Å². The number of hydrogen-bond donors (Lipinski definition) is 2. The predicted octanol–water partition coefficient (Wildman–Crippen LogP) is 7.19. The minimum absolute atomic E-state index is 0.00220. The quantitative estimate of drug-likeness (QED) is 0.182. The molecule has 0 saturated carbocycles. The highest BCUT2D eigenvalue weighted by Gasteiger charge is 2.61. The molecule has 4 aromatic rings. The smallest absolute Gasteiger partial charge is 0.183 e. The Kier molecular flexibility index (Phi) is 10.2. The Labute approximate surface area is 294 Å². The van der Waals surface area contributed by atoms with Gasteiger partial charge in [-0.25, -0.2) is 0 Å². The normalized spacial score (nSPS) is 25.1. The number of rotatable bonds is 9. The molecular formula is C40H44Cl2N4O2. The predicted molar refractivity (Wildman–Crippen MR) is 194 cm³/mol. The van der Waals surface area contributed by atoms with Crippen LogP contribution in [0.2, 0.25) is 10.0 Å². The van der Waals surface area contributed by atoms with Crippen molar-refractivity contribution in [3.63, 3.8) is 0 Å². The number of nitrogens with one attached hydrogen (secondary N) is 1. The molecule has 2 saturated heterocycles. The van der Waals surface area contributed by atoms with Crippen molar-refractivity contribution >= 4 is 34.8 Å². The first-order valence-corrected chi connectivity index (χ1v) is 17.5. The van der Waals surface area contributed by atoms with Gasteiger partial charge < -0.3 is 11.1 Å². The zero-order valence-corrected chi connectivity index (χ0v) is 29.4. The Bertz CT molecular complexity index is 1760. The van der Waals surface area contributed by atoms with Crippen molar-refractivity contribution in [1.29, 1.82) is 0 Å². The molecule has 6 rings (SSSR count). The highest BCUT2D eigenvalue weighted by molar-refractivity contribution is 6.42. The molecule has 0 amide bonds. The lowest BCUT2D eigenvalue weighted by atomic mass is 9.63. The van der Waals surface area contributed by atoms with Crippen molar-refractivity contribution in [2.45, 2.75) is 57.4 Å². The van der Waals surface area contributed by atoms with Gasteiger partial charge in [0, 0.05) is 50.2 Å². The third-order valence-electron chi connectivity index (χ3n) is 10.3. The number of Topliss-reactive ketones (excluding diaryl/α,β-unsaturated/α-hetero) is 2. The summed E-state index contributed by atoms with van der Waals surface area (Å²) in [6, 6.07) is 32.3. The molecule has 8 heteroatoms. The molecule has 4 aromatic carbocycles. The van der Waals surface area contributed by atoms with Crippen LogP contribution < -0.4 is 11.1 Å². The maximum absolute atomic E-state index is 15.7. The van der Waals surface area contributed by atoms with E-state index in [1.54, 1.807) is 6.92 Å². The van der Waals surface area contributed by atoms with Gasteiger partial charge in [0.25, 0.3) is 0 Å². The molecule has 4 unspecified atom stereocenters. The van der Waals surface area contributed by atoms with E-state index in [0.717, 1.165) is 22.3 Å². The lowest BCUT2D eigenvalue weighted by Crippen LogP contribution is -2.80. The molecule has 4 atom stereocenters. The van der Waals surface area contributed by atoms with Crippen LogP contribution in [0, 0.1) is 19.8 Å². The van der Waals surface area contributed by atoms with E-state index in [1.165, 1.54) is 5.56 Å². The van der Waals surface area contributed by atoms with Crippen LogP contribution in [0.15, 0.2) is 97.1 Å². The summed E-state index contributed by atoms with van der Waals surface area (Å²) < 4.78 is 0. The van der Waals surface area contributed by atoms with E-state index >= 15 is 4.79 Å². The van der Waals surface area contributed by atoms with Gasteiger partial charge in [0.1, 0.15) is 5.66 Å². The average Bonchev–Trinajstić information content (AvgIpc) is 3.07. The lowest BCUT2D eigenvalue weighted by Gasteiger charge is -2.61. The molecule has 0 aliphatic carbocycles. The van der Waals surface area contributed by atoms with E-state index < -0.39 is 11.2 Å². The monoisotopic (exact) mass is 682 g/mol. The second-order valence-corrected chi connectivity index (χ2v) is 14.4. The Morgan fingerprint density at radius 3 is 2.12 bits per heavy atom. The second-order valence-electron chi connectivity index (χ2n) is 13.6. The van der Waals surface area contributed by atoms with Gasteiger partial charge in [-0.1, -0.05) is 107 Å². The van der Waals surface area contributed by atoms with Crippen LogP contribution in [-0.4, -0.2) is 58.7 Å². The van der Waals surface area contributed by atoms with Crippen LogP contribution >= 0.6 is 23.2 Å². The van der Waals surface area contributed by atoms with Crippen LogP contribution in [0.25, 0.3) is 0 Å². The molecule has 250 valence electrons. The number of nitrogens with two attached hydrogens (primary N) is 1. The van der Waals surface area contributed by atoms with Crippen molar-refractivity contribution in [1.82, 2.24) is 15.1 Å². The number of halogens is 2. The molecule has 6 nitrogen and oxygen atoms in total. The standard InChI is InChI=1S/C40H44Cl2N4O2/c1-27-20-28(2)22-33(21-27)38(48)39(46-19-17-44-26-40(46,43)29(3)47)16-18-45(25-31-12-8-5-9-13-31)37(32-14-15-35(41)36(42)24-32)34(39)23-30-10-6-4-7-11-30/h4-15,20-22,24,34,37,44H,16-19,23,25-26,43H2,1-3H3. The highest BCUT2D eigenvalue weighted by atomic mass is 35.5. The Hall–Kier alpha value is -3.36. The van der Waals surface area contributed by atoms with E-state index in [1.807, 2.05) is 68.4 Å². The van der Waals surface area contributed by atoms with Crippen molar-refractivity contribution in [2.75, 3.05) is 26.2 Å². The van der Waals surface area contributed by atoms with Gasteiger partial charge in [0.05, 0.1) is 15.6 Å². The van der Waals surface area contributed by atoms with Crippen molar-refractivity contribution in [2.24, 2.45) is 11.7 Å². The van der Waals surface area contributed by atoms with Crippen LogP contribution in [0.1, 0.15) is 57.6 Å². The van der Waals surface area contributed by atoms with Gasteiger partial charge in [-0.05, 0) is 74.6 Å². The fraction of sp³-hybridized carbons (Fsp3) is 0.350. The summed E-state index contributed by atoms with van der Waals surface area (Å²) in [5.41, 5.74) is 10.6. The molecule has 2 aliphatic rings. The summed E-state index contributed by atoms with van der Waals surface area (Å²) in [5, 5.41) is 4.30. The first kappa shape index (κ1) is 34.5. The summed E-state index contributed by atoms with van der Waals surface area (Å²) >= 11 is 13.2. The van der Waals surface area contributed by atoms with Gasteiger partial charge >= 0.3 is 0 Å². The van der Waals surface area contributed by atoms with E-state index in [4.69, 9.17) is 28.9 Å². The van der Waals surface area contributed by atoms with Gasteiger partial charge in [0.15, 0.2) is 11.6 Å². The SMILES string of the molecule is CC(=O)C1(N)CNCCN1C1(C(=O)c2cc(C)cc(C)c2)CCN(Cc2ccccc2)C(c2ccc(Cl)c(Cl)c2)C1Cc1ccccc1. The number of carbonyl (C=O) groups is 2. The summed E-state index contributed by atoms with van der Waals surface area (Å²) in [6.45, 7) is 8.17. The first-order chi connectivity index (χ1) is 23.0. The topological polar surface area (TPSA) is 78.7 Å². The number of ketones is 2. The molecule has 2 heterocycles. The number of benzene rings is 4. The number of hydrogen-bond acceptors (Lipinski definition) is 6. The van der Waals surface area contributed by atoms with Crippen molar-refractivity contribution in [3.8, 4) is 0 Å². The average molecular weight is 684 g/mol. The molecule has 0 bridgehead atoms. The first-order valence-electron chi connectivity index (χ1n) is 16.7. The molecule has 2 fully saturated rings. The Morgan fingerprint density at radius 1 is 0.854 bits per heavy atom. The number of carbonyl (C=O) groups excluding carboxylic acids is 2. The van der Waals surface area contributed by atoms with Crippen LogP contribution in [-0.2, 0) is 17.8 Å². The maximum atomic E-state index is 15.7. The molecule has 0 aromatic heterocycles. The molecule has 2 aliphatic heterocycles. The third-order valence-corrected chi connectivity index (χ3v) is 11.1. The molecule has 0 radical (unpaired) electrons. The fourth-order valence-electron chi connectivity index (χ4n) is 8.17. The molecule has 0 spiro atoms. The van der Waals surface area contributed by atoms with Crippen molar-refractivity contribution < 1.29 is 9.59 Å². The summed E-state index contributed by atoms with van der Waals surface area (Å²) in [6.07, 6.45) is 1.07. The summed E-state index contributed by atoms with van der Waals surface area (Å²) in [5.74, 6) is -0.500. The van der Waals surface area contributed by atoms with Gasteiger partial charge in [-0.15, -0.1) is 0 Å². The van der Waals surface area contributed by atoms with Crippen LogP contribution in [0.4, 0.5) is 0 Å². The minimum Gasteiger partial charge on any atom is -0.312 e. The van der Waals surface area contributed by atoms with Gasteiger partial charge in [-0.2, -0.15) is 0 Å². The fourth-order valence-corrected chi connectivity index (χ4v) is 8.47. The second kappa shape index (κ2) is 14.2. The van der Waals surface area contributed by atoms with Gasteiger partial charge in [0.2, 0.25) is 0 Å². The zero-order chi connectivity index (χ0) is 34.1. The Morgan fingerprint density at radius 2 is 1.50 bits per heavy atom. The number of piperazine rings is 1. The number of piperidine rings is 1. The summed E-state index contributed by atoms with van der Waals surface area (Å²) in [7, 11) is 0. The lowest BCUT2D eigenvalue weighted by molar-refractivity contribution is -0.143. The largest absolute Gasteiger partial charge is 0.312 e. The number of nitrogens with zero attached hydrogens (tertiary/aromatic N) is 2. The summed E-state index contributed by atoms with van der Waals surface area (Å²) in [4.78, 5) is 33.9. The minimum atomic E-state index is -1.38. The number of likely N-dealkylation sites (tertiary alicyclic amines) is 1. The van der Waals surface area contributed by atoms with E-state index in [0.29, 0.717) is 54.6 Å². The number of aryl methyl sites for hydroxylation is 2. The molecule has 3 N–H and O–H groups in total. The van der Waals surface area contributed by atoms with E-state index in [2.05, 4.69) is 57.6 Å². The van der Waals surface area contributed by atoms with E-state index in [9.17, 15) is 4.79 Å². The maximum Gasteiger partial charge on any atom is 0.183 e. The molecular weight excluding hydrogens is 639 g/mol.